The third-order valence-electron chi connectivity index (χ3n) is 2.45. The molecule has 0 radical (unpaired) electrons. The molecule has 0 bridgehead atoms. The van der Waals surface area contributed by atoms with E-state index in [4.69, 9.17) is 4.74 Å². The highest BCUT2D eigenvalue weighted by atomic mass is 32.2. The molecule has 0 unspecified atom stereocenters. The van der Waals surface area contributed by atoms with Crippen LogP contribution in [0.2, 0.25) is 0 Å². The van der Waals surface area contributed by atoms with Crippen LogP contribution in [0.1, 0.15) is 19.3 Å². The fourth-order valence-corrected chi connectivity index (χ4v) is 2.08. The third kappa shape index (κ3) is 7.64. The van der Waals surface area contributed by atoms with Gasteiger partial charge in [-0.1, -0.05) is 30.4 Å². The fraction of sp³-hybridized carbons (Fsp3) is 0.429. The summed E-state index contributed by atoms with van der Waals surface area (Å²) < 4.78 is 32.1. The highest BCUT2D eigenvalue weighted by molar-refractivity contribution is 7.86. The summed E-state index contributed by atoms with van der Waals surface area (Å²) in [4.78, 5) is 0. The van der Waals surface area contributed by atoms with E-state index in [0.29, 0.717) is 13.0 Å². The van der Waals surface area contributed by atoms with Gasteiger partial charge in [0.05, 0.1) is 19.5 Å². The Morgan fingerprint density at radius 2 is 1.89 bits per heavy atom. The number of allylic oxidation sites excluding steroid dienone is 7. The van der Waals surface area contributed by atoms with Crippen molar-refractivity contribution in [3.05, 3.63) is 48.3 Å². The summed E-state index contributed by atoms with van der Waals surface area (Å²) in [6.07, 6.45) is 16.0. The summed E-state index contributed by atoms with van der Waals surface area (Å²) in [5, 5.41) is 0. The van der Waals surface area contributed by atoms with Crippen LogP contribution in [0.3, 0.4) is 0 Å². The lowest BCUT2D eigenvalue weighted by Gasteiger charge is -2.07. The molecule has 1 aliphatic carbocycles. The average Bonchev–Trinajstić information content (AvgIpc) is 2.41. The molecule has 4 nitrogen and oxygen atoms in total. The predicted molar refractivity (Wildman–Crippen MR) is 76.1 cm³/mol. The Bertz CT molecular complexity index is 470. The molecule has 0 saturated carbocycles. The summed E-state index contributed by atoms with van der Waals surface area (Å²) in [6, 6.07) is 0. The summed E-state index contributed by atoms with van der Waals surface area (Å²) >= 11 is 0. The van der Waals surface area contributed by atoms with E-state index in [2.05, 4.69) is 10.3 Å². The Kier molecular flexibility index (Phi) is 7.22. The lowest BCUT2D eigenvalue weighted by atomic mass is 10.2. The minimum absolute atomic E-state index is 0.0247. The largest absolute Gasteiger partial charge is 0.494 e. The zero-order chi connectivity index (χ0) is 14.0. The fourth-order valence-electron chi connectivity index (χ4n) is 1.45. The van der Waals surface area contributed by atoms with Crippen LogP contribution in [-0.4, -0.2) is 27.9 Å². The van der Waals surface area contributed by atoms with E-state index in [1.54, 1.807) is 0 Å². The van der Waals surface area contributed by atoms with Gasteiger partial charge in [0.2, 0.25) is 0 Å². The number of rotatable bonds is 6. The molecule has 1 aliphatic rings. The van der Waals surface area contributed by atoms with Gasteiger partial charge in [-0.05, 0) is 31.4 Å². The normalized spacial score (nSPS) is 16.2. The van der Waals surface area contributed by atoms with Gasteiger partial charge in [0.1, 0.15) is 5.76 Å². The highest BCUT2D eigenvalue weighted by Gasteiger charge is 2.07. The topological polar surface area (TPSA) is 52.6 Å². The van der Waals surface area contributed by atoms with Crippen LogP contribution in [0.15, 0.2) is 48.3 Å². The maximum atomic E-state index is 11.1. The zero-order valence-corrected chi connectivity index (χ0v) is 11.9. The maximum Gasteiger partial charge on any atom is 0.267 e. The van der Waals surface area contributed by atoms with Crippen LogP contribution in [-0.2, 0) is 19.0 Å². The van der Waals surface area contributed by atoms with E-state index >= 15 is 0 Å². The highest BCUT2D eigenvalue weighted by Crippen LogP contribution is 2.07. The summed E-state index contributed by atoms with van der Waals surface area (Å²) in [5.74, 6) is 0.748. The number of hydrogen-bond donors (Lipinski definition) is 0. The quantitative estimate of drug-likeness (QED) is 0.556. The summed E-state index contributed by atoms with van der Waals surface area (Å²) in [7, 11) is -2.21. The minimum Gasteiger partial charge on any atom is -0.494 e. The van der Waals surface area contributed by atoms with Crippen molar-refractivity contribution in [1.29, 1.82) is 0 Å². The van der Waals surface area contributed by atoms with Crippen LogP contribution >= 0.6 is 0 Å². The van der Waals surface area contributed by atoms with Gasteiger partial charge in [-0.2, -0.15) is 8.42 Å². The second kappa shape index (κ2) is 8.72. The van der Waals surface area contributed by atoms with Gasteiger partial charge in [0.15, 0.2) is 0 Å². The van der Waals surface area contributed by atoms with Crippen molar-refractivity contribution in [2.45, 2.75) is 19.3 Å². The molecule has 0 N–H and O–H groups in total. The van der Waals surface area contributed by atoms with Crippen molar-refractivity contribution in [3.8, 4) is 0 Å². The first-order valence-electron chi connectivity index (χ1n) is 6.23. The van der Waals surface area contributed by atoms with E-state index in [1.165, 1.54) is 7.11 Å². The Morgan fingerprint density at radius 3 is 2.63 bits per heavy atom. The van der Waals surface area contributed by atoms with Gasteiger partial charge in [-0.3, -0.25) is 4.18 Å². The van der Waals surface area contributed by atoms with E-state index < -0.39 is 10.1 Å². The number of hydrogen-bond acceptors (Lipinski definition) is 4. The van der Waals surface area contributed by atoms with Crippen molar-refractivity contribution in [1.82, 2.24) is 0 Å². The van der Waals surface area contributed by atoms with Crippen LogP contribution in [0, 0.1) is 0 Å². The molecular weight excluding hydrogens is 264 g/mol. The molecule has 0 spiro atoms. The zero-order valence-electron chi connectivity index (χ0n) is 11.1. The average molecular weight is 284 g/mol. The molecule has 0 amide bonds. The lowest BCUT2D eigenvalue weighted by Crippen LogP contribution is -2.10. The molecule has 0 heterocycles. The first kappa shape index (κ1) is 15.7. The molecule has 5 heteroatoms. The van der Waals surface area contributed by atoms with Gasteiger partial charge < -0.3 is 4.74 Å². The Hall–Kier alpha value is -1.33. The molecule has 0 fully saturated rings. The van der Waals surface area contributed by atoms with Crippen molar-refractivity contribution in [2.75, 3.05) is 19.5 Å². The molecule has 0 atom stereocenters. The molecule has 106 valence electrons. The van der Waals surface area contributed by atoms with Crippen LogP contribution in [0.25, 0.3) is 0 Å². The van der Waals surface area contributed by atoms with Crippen molar-refractivity contribution < 1.29 is 17.3 Å². The van der Waals surface area contributed by atoms with Gasteiger partial charge >= 0.3 is 0 Å². The molecule has 0 aromatic heterocycles. The van der Waals surface area contributed by atoms with Gasteiger partial charge in [-0.15, -0.1) is 0 Å². The molecule has 0 aliphatic heterocycles. The minimum atomic E-state index is -3.38. The monoisotopic (exact) mass is 284 g/mol. The number of ether oxygens (including phenoxy) is 1. The Balaban J connectivity index is 2.38. The van der Waals surface area contributed by atoms with Crippen molar-refractivity contribution in [2.24, 2.45) is 0 Å². The molecule has 1 rings (SSSR count). The summed E-state index contributed by atoms with van der Waals surface area (Å²) in [5.41, 5.74) is 0. The molecule has 0 aromatic carbocycles. The summed E-state index contributed by atoms with van der Waals surface area (Å²) in [6.45, 7) is 0.359. The lowest BCUT2D eigenvalue weighted by molar-refractivity contribution is 0.223. The first-order valence-corrected chi connectivity index (χ1v) is 7.81. The standard InChI is InChI=1S/C14H20O4S/c1-17-19(15,16)13-9-12-18-14-10-7-5-3-2-4-6-8-11-14/h2-5,8,10-11H,6-7,9,12-13H2,1H3. The van der Waals surface area contributed by atoms with E-state index in [-0.39, 0.29) is 5.75 Å². The molecular formula is C14H20O4S. The Labute approximate surface area is 115 Å². The predicted octanol–water partition coefficient (Wildman–Crippen LogP) is 2.72. The second-order valence-corrected chi connectivity index (χ2v) is 5.82. The van der Waals surface area contributed by atoms with E-state index in [1.807, 2.05) is 36.5 Å². The maximum absolute atomic E-state index is 11.1. The van der Waals surface area contributed by atoms with Gasteiger partial charge in [-0.25, -0.2) is 0 Å². The smallest absolute Gasteiger partial charge is 0.267 e. The van der Waals surface area contributed by atoms with Crippen molar-refractivity contribution in [3.63, 3.8) is 0 Å². The van der Waals surface area contributed by atoms with Crippen molar-refractivity contribution >= 4 is 10.1 Å². The van der Waals surface area contributed by atoms with Crippen LogP contribution in [0.5, 0.6) is 0 Å². The van der Waals surface area contributed by atoms with E-state index in [0.717, 1.165) is 18.6 Å². The first-order chi connectivity index (χ1) is 9.14. The molecule has 0 saturated heterocycles. The van der Waals surface area contributed by atoms with Crippen LogP contribution < -0.4 is 0 Å². The third-order valence-corrected chi connectivity index (χ3v) is 3.75. The van der Waals surface area contributed by atoms with Gasteiger partial charge in [0.25, 0.3) is 10.1 Å². The van der Waals surface area contributed by atoms with Crippen LogP contribution in [0.4, 0.5) is 0 Å². The Morgan fingerprint density at radius 1 is 1.16 bits per heavy atom. The second-order valence-electron chi connectivity index (χ2n) is 3.97. The SMILES string of the molecule is COS(=O)(=O)CCCOC1=CCC=CC=CCC=C1. The molecule has 19 heavy (non-hydrogen) atoms. The molecule has 0 aromatic rings. The van der Waals surface area contributed by atoms with Gasteiger partial charge in [0, 0.05) is 0 Å². The van der Waals surface area contributed by atoms with E-state index in [9.17, 15) is 8.42 Å².